The van der Waals surface area contributed by atoms with Crippen molar-refractivity contribution in [1.29, 1.82) is 0 Å². The summed E-state index contributed by atoms with van der Waals surface area (Å²) in [6.45, 7) is 2.35. The molecule has 1 atom stereocenters. The van der Waals surface area contributed by atoms with Crippen molar-refractivity contribution in [2.45, 2.75) is 25.9 Å². The first-order valence-corrected chi connectivity index (χ1v) is 5.07. The molecule has 0 bridgehead atoms. The quantitative estimate of drug-likeness (QED) is 0.618. The number of anilines is 1. The van der Waals surface area contributed by atoms with E-state index in [1.165, 1.54) is 12.4 Å². The van der Waals surface area contributed by atoms with E-state index >= 15 is 0 Å². The predicted molar refractivity (Wildman–Crippen MR) is 58.4 cm³/mol. The number of hydrogen-bond donors (Lipinski definition) is 3. The first kappa shape index (κ1) is 12.4. The maximum Gasteiger partial charge on any atom is 0.356 e. The summed E-state index contributed by atoms with van der Waals surface area (Å²) in [6, 6.07) is 0. The molecule has 3 N–H and O–H groups in total. The molecule has 0 aliphatic carbocycles. The minimum Gasteiger partial charge on any atom is -0.476 e. The largest absolute Gasteiger partial charge is 0.476 e. The molecule has 0 aromatic carbocycles. The summed E-state index contributed by atoms with van der Waals surface area (Å²) in [5.41, 5.74) is -0.0828. The molecule has 1 aromatic heterocycles. The summed E-state index contributed by atoms with van der Waals surface area (Å²) in [5, 5.41) is 20.7. The van der Waals surface area contributed by atoms with E-state index in [1.807, 2.05) is 0 Å². The highest BCUT2D eigenvalue weighted by Gasteiger charge is 2.05. The molecule has 1 rings (SSSR count). The highest BCUT2D eigenvalue weighted by atomic mass is 16.4. The van der Waals surface area contributed by atoms with Crippen LogP contribution in [0.3, 0.4) is 0 Å². The molecule has 0 fully saturated rings. The van der Waals surface area contributed by atoms with Crippen LogP contribution in [0, 0.1) is 0 Å². The number of hydrogen-bond acceptors (Lipinski definition) is 5. The molecule has 16 heavy (non-hydrogen) atoms. The lowest BCUT2D eigenvalue weighted by molar-refractivity contribution is 0.0690. The van der Waals surface area contributed by atoms with Gasteiger partial charge in [-0.15, -0.1) is 0 Å². The molecule has 1 heterocycles. The Bertz CT molecular complexity index is 355. The molecule has 6 nitrogen and oxygen atoms in total. The molecule has 0 spiro atoms. The van der Waals surface area contributed by atoms with Crippen LogP contribution in [-0.2, 0) is 0 Å². The van der Waals surface area contributed by atoms with Crippen molar-refractivity contribution in [1.82, 2.24) is 9.97 Å². The van der Waals surface area contributed by atoms with Gasteiger partial charge in [0.25, 0.3) is 0 Å². The molecular formula is C10H15N3O3. The monoisotopic (exact) mass is 225 g/mol. The van der Waals surface area contributed by atoms with Crippen molar-refractivity contribution < 1.29 is 15.0 Å². The van der Waals surface area contributed by atoms with E-state index in [0.29, 0.717) is 18.8 Å². The van der Waals surface area contributed by atoms with Gasteiger partial charge in [0.05, 0.1) is 18.5 Å². The fraction of sp³-hybridized carbons (Fsp3) is 0.500. The Balaban J connectivity index is 2.42. The van der Waals surface area contributed by atoms with E-state index in [9.17, 15) is 4.79 Å². The topological polar surface area (TPSA) is 95.3 Å². The van der Waals surface area contributed by atoms with Crippen molar-refractivity contribution in [2.75, 3.05) is 11.9 Å². The van der Waals surface area contributed by atoms with E-state index in [-0.39, 0.29) is 11.8 Å². The average Bonchev–Trinajstić information content (AvgIpc) is 2.24. The molecule has 1 unspecified atom stereocenters. The lowest BCUT2D eigenvalue weighted by Gasteiger charge is -2.06. The lowest BCUT2D eigenvalue weighted by Crippen LogP contribution is -2.09. The minimum absolute atomic E-state index is 0.0828. The van der Waals surface area contributed by atoms with Gasteiger partial charge in [-0.05, 0) is 19.8 Å². The third-order valence-corrected chi connectivity index (χ3v) is 1.96. The average molecular weight is 225 g/mol. The summed E-state index contributed by atoms with van der Waals surface area (Å²) >= 11 is 0. The van der Waals surface area contributed by atoms with Crippen LogP contribution in [0.15, 0.2) is 12.4 Å². The number of aliphatic hydroxyl groups is 1. The molecule has 1 aromatic rings. The van der Waals surface area contributed by atoms with Gasteiger partial charge in [-0.1, -0.05) is 0 Å². The molecule has 0 saturated carbocycles. The molecular weight excluding hydrogens is 210 g/mol. The van der Waals surface area contributed by atoms with Gasteiger partial charge in [-0.25, -0.2) is 9.78 Å². The van der Waals surface area contributed by atoms with Crippen molar-refractivity contribution in [2.24, 2.45) is 0 Å². The van der Waals surface area contributed by atoms with Crippen LogP contribution >= 0.6 is 0 Å². The Labute approximate surface area is 93.4 Å². The summed E-state index contributed by atoms with van der Waals surface area (Å²) in [4.78, 5) is 18.2. The molecule has 0 aliphatic rings. The maximum absolute atomic E-state index is 10.6. The van der Waals surface area contributed by atoms with Crippen molar-refractivity contribution in [3.05, 3.63) is 18.1 Å². The number of carbonyl (C=O) groups is 1. The van der Waals surface area contributed by atoms with Gasteiger partial charge >= 0.3 is 5.97 Å². The standard InChI is InChI=1S/C10H15N3O3/c1-7(14)3-2-4-12-9-6-11-5-8(13-9)10(15)16/h5-7,14H,2-4H2,1H3,(H,12,13)(H,15,16). The first-order valence-electron chi connectivity index (χ1n) is 5.07. The van der Waals surface area contributed by atoms with Crippen molar-refractivity contribution in [3.63, 3.8) is 0 Å². The molecule has 0 aliphatic heterocycles. The van der Waals surface area contributed by atoms with Crippen LogP contribution in [0.1, 0.15) is 30.3 Å². The second kappa shape index (κ2) is 6.02. The van der Waals surface area contributed by atoms with Crippen LogP contribution in [0.25, 0.3) is 0 Å². The zero-order valence-corrected chi connectivity index (χ0v) is 9.05. The SMILES string of the molecule is CC(O)CCCNc1cncc(C(=O)O)n1. The van der Waals surface area contributed by atoms with Crippen LogP contribution in [0.4, 0.5) is 5.82 Å². The van der Waals surface area contributed by atoms with Crippen LogP contribution in [-0.4, -0.2) is 38.8 Å². The van der Waals surface area contributed by atoms with Crippen LogP contribution in [0.2, 0.25) is 0 Å². The molecule has 0 saturated heterocycles. The predicted octanol–water partition coefficient (Wildman–Crippen LogP) is 0.748. The summed E-state index contributed by atoms with van der Waals surface area (Å²) in [5.74, 6) is -0.661. The Morgan fingerprint density at radius 1 is 1.56 bits per heavy atom. The van der Waals surface area contributed by atoms with E-state index < -0.39 is 5.97 Å². The zero-order valence-electron chi connectivity index (χ0n) is 9.05. The Morgan fingerprint density at radius 3 is 2.94 bits per heavy atom. The Morgan fingerprint density at radius 2 is 2.31 bits per heavy atom. The fourth-order valence-electron chi connectivity index (χ4n) is 1.17. The van der Waals surface area contributed by atoms with Gasteiger partial charge in [-0.2, -0.15) is 0 Å². The van der Waals surface area contributed by atoms with Gasteiger partial charge in [0, 0.05) is 6.54 Å². The number of rotatable bonds is 6. The molecule has 0 amide bonds. The van der Waals surface area contributed by atoms with E-state index in [2.05, 4.69) is 15.3 Å². The van der Waals surface area contributed by atoms with Gasteiger partial charge in [0.2, 0.25) is 0 Å². The highest BCUT2D eigenvalue weighted by Crippen LogP contribution is 2.03. The smallest absolute Gasteiger partial charge is 0.356 e. The Hall–Kier alpha value is -1.69. The minimum atomic E-state index is -1.10. The van der Waals surface area contributed by atoms with Gasteiger partial charge in [0.15, 0.2) is 5.69 Å². The van der Waals surface area contributed by atoms with Crippen LogP contribution < -0.4 is 5.32 Å². The van der Waals surface area contributed by atoms with Gasteiger partial charge < -0.3 is 15.5 Å². The third kappa shape index (κ3) is 4.22. The third-order valence-electron chi connectivity index (χ3n) is 1.96. The summed E-state index contributed by atoms with van der Waals surface area (Å²) in [7, 11) is 0. The van der Waals surface area contributed by atoms with E-state index in [1.54, 1.807) is 6.92 Å². The van der Waals surface area contributed by atoms with Gasteiger partial charge in [-0.3, -0.25) is 4.98 Å². The summed E-state index contributed by atoms with van der Waals surface area (Å²) in [6.07, 6.45) is 3.83. The summed E-state index contributed by atoms with van der Waals surface area (Å²) < 4.78 is 0. The number of carboxylic acid groups (broad SMARTS) is 1. The molecule has 88 valence electrons. The number of aromatic carboxylic acids is 1. The molecule has 6 heteroatoms. The second-order valence-corrected chi connectivity index (χ2v) is 3.51. The maximum atomic E-state index is 10.6. The molecule has 0 radical (unpaired) electrons. The first-order chi connectivity index (χ1) is 7.59. The highest BCUT2D eigenvalue weighted by molar-refractivity contribution is 5.85. The lowest BCUT2D eigenvalue weighted by atomic mass is 10.2. The van der Waals surface area contributed by atoms with Gasteiger partial charge in [0.1, 0.15) is 5.82 Å². The van der Waals surface area contributed by atoms with Crippen LogP contribution in [0.5, 0.6) is 0 Å². The Kier molecular flexibility index (Phi) is 4.65. The normalized spacial score (nSPS) is 12.1. The number of nitrogens with one attached hydrogen (secondary N) is 1. The zero-order chi connectivity index (χ0) is 12.0. The van der Waals surface area contributed by atoms with E-state index in [0.717, 1.165) is 6.42 Å². The number of nitrogens with zero attached hydrogens (tertiary/aromatic N) is 2. The second-order valence-electron chi connectivity index (χ2n) is 3.51. The van der Waals surface area contributed by atoms with E-state index in [4.69, 9.17) is 10.2 Å². The fourth-order valence-corrected chi connectivity index (χ4v) is 1.17. The van der Waals surface area contributed by atoms with Crippen molar-refractivity contribution in [3.8, 4) is 0 Å². The number of aromatic nitrogens is 2. The number of carboxylic acids is 1. The number of aliphatic hydroxyl groups excluding tert-OH is 1. The van der Waals surface area contributed by atoms with Crippen molar-refractivity contribution >= 4 is 11.8 Å².